The van der Waals surface area contributed by atoms with E-state index in [2.05, 4.69) is 17.6 Å². The predicted octanol–water partition coefficient (Wildman–Crippen LogP) is 9.92. The van der Waals surface area contributed by atoms with Crippen LogP contribution in [0.2, 0.25) is 0 Å². The summed E-state index contributed by atoms with van der Waals surface area (Å²) >= 11 is 1.96. The molecule has 2 amide bonds. The Morgan fingerprint density at radius 2 is 0.967 bits per heavy atom. The van der Waals surface area contributed by atoms with Crippen molar-refractivity contribution in [1.29, 1.82) is 0 Å². The van der Waals surface area contributed by atoms with Crippen LogP contribution in [0.5, 0.6) is 11.5 Å². The zero-order chi connectivity index (χ0) is 43.9. The molecule has 330 valence electrons. The van der Waals surface area contributed by atoms with Gasteiger partial charge in [0, 0.05) is 29.7 Å². The van der Waals surface area contributed by atoms with E-state index in [0.29, 0.717) is 24.2 Å². The summed E-state index contributed by atoms with van der Waals surface area (Å²) in [6, 6.07) is 30.2. The first-order valence-electron chi connectivity index (χ1n) is 21.9. The first-order valence-corrected chi connectivity index (χ1v) is 23.0. The molecule has 0 saturated heterocycles. The van der Waals surface area contributed by atoms with E-state index < -0.39 is 24.0 Å². The topological polar surface area (TPSA) is 140 Å². The summed E-state index contributed by atoms with van der Waals surface area (Å²) in [5.74, 6) is 1.60. The number of hydrogen-bond acceptors (Lipinski definition) is 9. The van der Waals surface area contributed by atoms with Gasteiger partial charge in [0.15, 0.2) is 0 Å². The van der Waals surface area contributed by atoms with Crippen molar-refractivity contribution in [3.63, 3.8) is 0 Å². The van der Waals surface area contributed by atoms with Crippen LogP contribution < -0.4 is 15.4 Å². The zero-order valence-electron chi connectivity index (χ0n) is 36.3. The number of amides is 2. The van der Waals surface area contributed by atoms with Crippen LogP contribution in [0.1, 0.15) is 117 Å². The average molecular weight is 855 g/mol. The Bertz CT molecular complexity index is 1810. The maximum atomic E-state index is 12.6. The summed E-state index contributed by atoms with van der Waals surface area (Å²) in [4.78, 5) is 49.4. The van der Waals surface area contributed by atoms with Crippen LogP contribution in [0.3, 0.4) is 0 Å². The summed E-state index contributed by atoms with van der Waals surface area (Å²) in [6.07, 6.45) is 14.4. The Hall–Kier alpha value is -5.29. The highest BCUT2D eigenvalue weighted by atomic mass is 32.2. The van der Waals surface area contributed by atoms with Gasteiger partial charge in [-0.15, -0.1) is 0 Å². The number of phenolic OH excluding ortho intramolecular Hbond substituents is 1. The number of ether oxygens (including phenoxy) is 3. The van der Waals surface area contributed by atoms with Crippen LogP contribution in [0.25, 0.3) is 0 Å². The van der Waals surface area contributed by atoms with Crippen LogP contribution in [0.4, 0.5) is 0 Å². The molecule has 0 spiro atoms. The van der Waals surface area contributed by atoms with Crippen LogP contribution in [0.15, 0.2) is 109 Å². The minimum atomic E-state index is -0.785. The third-order valence-corrected chi connectivity index (χ3v) is 10.7. The largest absolute Gasteiger partial charge is 0.508 e. The fraction of sp³-hybridized carbons (Fsp3) is 0.440. The molecule has 0 aliphatic heterocycles. The minimum Gasteiger partial charge on any atom is -0.508 e. The quantitative estimate of drug-likeness (QED) is 0.0395. The number of esters is 2. The Labute approximate surface area is 367 Å². The van der Waals surface area contributed by atoms with E-state index in [0.717, 1.165) is 22.6 Å². The minimum absolute atomic E-state index is 0.148. The van der Waals surface area contributed by atoms with Gasteiger partial charge in [-0.3, -0.25) is 9.59 Å². The smallest absolute Gasteiger partial charge is 0.328 e. The van der Waals surface area contributed by atoms with E-state index in [4.69, 9.17) is 14.2 Å². The number of carbonyl (C=O) groups is 4. The second-order valence-corrected chi connectivity index (χ2v) is 15.9. The molecular weight excluding hydrogens is 789 g/mol. The highest BCUT2D eigenvalue weighted by Crippen LogP contribution is 2.17. The van der Waals surface area contributed by atoms with Gasteiger partial charge in [0.05, 0.1) is 19.8 Å². The van der Waals surface area contributed by atoms with Crippen LogP contribution in [-0.2, 0) is 31.9 Å². The lowest BCUT2D eigenvalue weighted by molar-refractivity contribution is -0.146. The van der Waals surface area contributed by atoms with Crippen molar-refractivity contribution in [3.8, 4) is 11.5 Å². The maximum absolute atomic E-state index is 12.6. The van der Waals surface area contributed by atoms with Crippen LogP contribution in [-0.4, -0.2) is 72.3 Å². The molecule has 10 nitrogen and oxygen atoms in total. The Morgan fingerprint density at radius 1 is 0.541 bits per heavy atom. The van der Waals surface area contributed by atoms with Crippen molar-refractivity contribution < 1.29 is 38.5 Å². The molecule has 11 heteroatoms. The molecule has 0 radical (unpaired) electrons. The fourth-order valence-corrected chi connectivity index (χ4v) is 7.19. The van der Waals surface area contributed by atoms with Gasteiger partial charge in [-0.2, -0.15) is 11.8 Å². The van der Waals surface area contributed by atoms with Gasteiger partial charge >= 0.3 is 11.9 Å². The van der Waals surface area contributed by atoms with E-state index >= 15 is 0 Å². The molecule has 0 fully saturated rings. The predicted molar refractivity (Wildman–Crippen MR) is 245 cm³/mol. The molecule has 4 rings (SSSR count). The number of aromatic hydroxyl groups is 1. The van der Waals surface area contributed by atoms with Gasteiger partial charge in [-0.1, -0.05) is 125 Å². The summed E-state index contributed by atoms with van der Waals surface area (Å²) in [7, 11) is 0. The second kappa shape index (κ2) is 30.7. The molecule has 0 bridgehead atoms. The van der Waals surface area contributed by atoms with Gasteiger partial charge in [0.1, 0.15) is 23.6 Å². The van der Waals surface area contributed by atoms with Crippen molar-refractivity contribution in [1.82, 2.24) is 10.6 Å². The molecule has 0 aliphatic carbocycles. The highest BCUT2D eigenvalue weighted by molar-refractivity contribution is 7.99. The van der Waals surface area contributed by atoms with E-state index in [9.17, 15) is 24.3 Å². The Kier molecular flexibility index (Phi) is 25.2. The normalized spacial score (nSPS) is 11.6. The molecule has 0 aromatic heterocycles. The molecule has 2 unspecified atom stereocenters. The lowest BCUT2D eigenvalue weighted by Gasteiger charge is -2.18. The van der Waals surface area contributed by atoms with Crippen molar-refractivity contribution in [2.45, 2.75) is 110 Å². The highest BCUT2D eigenvalue weighted by Gasteiger charge is 2.24. The van der Waals surface area contributed by atoms with Gasteiger partial charge in [-0.25, -0.2) is 9.59 Å². The van der Waals surface area contributed by atoms with Gasteiger partial charge in [-0.05, 0) is 85.7 Å². The summed E-state index contributed by atoms with van der Waals surface area (Å²) in [6.45, 7) is 6.93. The fourth-order valence-electron chi connectivity index (χ4n) is 6.37. The summed E-state index contributed by atoms with van der Waals surface area (Å²) < 4.78 is 16.1. The SMILES string of the molecule is CCCCCCCCCCCCSCCOc1ccc(CC(NC(=O)c2ccccc2)C(=O)OCC)cc1.CCOC(=O)C(Cc1ccc(O)cc1)NC(=O)c1ccccc1. The maximum Gasteiger partial charge on any atom is 0.328 e. The number of rotatable bonds is 27. The van der Waals surface area contributed by atoms with E-state index in [1.807, 2.05) is 48.2 Å². The van der Waals surface area contributed by atoms with Crippen molar-refractivity contribution in [2.75, 3.05) is 31.3 Å². The van der Waals surface area contributed by atoms with E-state index in [1.165, 1.54) is 82.1 Å². The van der Waals surface area contributed by atoms with Gasteiger partial charge < -0.3 is 30.0 Å². The lowest BCUT2D eigenvalue weighted by atomic mass is 10.0. The van der Waals surface area contributed by atoms with Crippen molar-refractivity contribution >= 4 is 35.5 Å². The molecule has 0 aliphatic rings. The molecule has 2 atom stereocenters. The number of thioether (sulfide) groups is 1. The third kappa shape index (κ3) is 21.2. The van der Waals surface area contributed by atoms with E-state index in [1.54, 1.807) is 74.5 Å². The molecule has 3 N–H and O–H groups in total. The van der Waals surface area contributed by atoms with Crippen molar-refractivity contribution in [3.05, 3.63) is 131 Å². The molecule has 61 heavy (non-hydrogen) atoms. The third-order valence-electron chi connectivity index (χ3n) is 9.70. The Morgan fingerprint density at radius 3 is 1.41 bits per heavy atom. The molecule has 0 saturated carbocycles. The lowest BCUT2D eigenvalue weighted by Crippen LogP contribution is -2.43. The standard InChI is InChI=1S/C32H47NO4S.C18H19NO4/c1-3-5-6-7-8-9-10-11-12-16-24-38-25-23-37-29-21-19-27(20-22-29)26-30(32(35)36-4-2)33-31(34)28-17-14-13-15-18-28;1-2-23-18(22)16(12-13-8-10-15(20)11-9-13)19-17(21)14-6-4-3-5-7-14/h13-15,17-22,30H,3-12,16,23-26H2,1-2H3,(H,33,34);3-11,16,20H,2,12H2,1H3,(H,19,21). The van der Waals surface area contributed by atoms with Crippen molar-refractivity contribution in [2.24, 2.45) is 0 Å². The summed E-state index contributed by atoms with van der Waals surface area (Å²) in [5, 5.41) is 14.8. The van der Waals surface area contributed by atoms with Gasteiger partial charge in [0.25, 0.3) is 11.8 Å². The number of nitrogens with one attached hydrogen (secondary N) is 2. The number of hydrogen-bond donors (Lipinski definition) is 3. The molecular formula is C50H66N2O8S. The van der Waals surface area contributed by atoms with Crippen LogP contribution in [0, 0.1) is 0 Å². The molecule has 4 aromatic carbocycles. The first kappa shape index (κ1) is 50.1. The monoisotopic (exact) mass is 854 g/mol. The number of carbonyl (C=O) groups excluding carboxylic acids is 4. The second-order valence-electron chi connectivity index (χ2n) is 14.6. The van der Waals surface area contributed by atoms with Crippen LogP contribution >= 0.6 is 11.8 Å². The number of phenols is 1. The van der Waals surface area contributed by atoms with Gasteiger partial charge in [0.2, 0.25) is 0 Å². The Balaban J connectivity index is 0.000000367. The molecule has 0 heterocycles. The number of unbranched alkanes of at least 4 members (excludes halogenated alkanes) is 9. The average Bonchev–Trinajstić information content (AvgIpc) is 3.28. The first-order chi connectivity index (χ1) is 29.7. The zero-order valence-corrected chi connectivity index (χ0v) is 37.1. The number of benzene rings is 4. The molecule has 4 aromatic rings. The van der Waals surface area contributed by atoms with E-state index in [-0.39, 0.29) is 37.2 Å². The summed E-state index contributed by atoms with van der Waals surface area (Å²) in [5.41, 5.74) is 2.73.